The number of aromatic hydroxyl groups is 1. The number of hydrogen-bond donors (Lipinski definition) is 1. The highest BCUT2D eigenvalue weighted by Crippen LogP contribution is 2.16. The molecule has 1 aliphatic rings. The second-order valence-electron chi connectivity index (χ2n) is 4.88. The Kier molecular flexibility index (Phi) is 4.02. The van der Waals surface area contributed by atoms with E-state index in [2.05, 4.69) is 18.7 Å². The lowest BCUT2D eigenvalue weighted by Crippen LogP contribution is -2.48. The first kappa shape index (κ1) is 12.4. The van der Waals surface area contributed by atoms with Crippen LogP contribution in [0.2, 0.25) is 0 Å². The molecular formula is C14H21NO2. The van der Waals surface area contributed by atoms with Crippen molar-refractivity contribution in [1.29, 1.82) is 0 Å². The van der Waals surface area contributed by atoms with Crippen LogP contribution in [0.3, 0.4) is 0 Å². The standard InChI is InChI=1S/C14H21NO2/c1-11(15-7-8-17-10-12(15)2)9-13-3-5-14(16)6-4-13/h3-6,11-12,16H,7-10H2,1-2H3. The van der Waals surface area contributed by atoms with Crippen molar-refractivity contribution >= 4 is 0 Å². The summed E-state index contributed by atoms with van der Waals surface area (Å²) in [5.74, 6) is 0.334. The van der Waals surface area contributed by atoms with E-state index in [1.807, 2.05) is 12.1 Å². The molecule has 0 radical (unpaired) electrons. The van der Waals surface area contributed by atoms with Crippen LogP contribution < -0.4 is 0 Å². The predicted octanol–water partition coefficient (Wildman–Crippen LogP) is 2.04. The van der Waals surface area contributed by atoms with E-state index in [-0.39, 0.29) is 0 Å². The summed E-state index contributed by atoms with van der Waals surface area (Å²) in [4.78, 5) is 2.50. The smallest absolute Gasteiger partial charge is 0.115 e. The SMILES string of the molecule is CC1COCCN1C(C)Cc1ccc(O)cc1. The third kappa shape index (κ3) is 3.20. The summed E-state index contributed by atoms with van der Waals surface area (Å²) >= 11 is 0. The van der Waals surface area contributed by atoms with E-state index in [1.165, 1.54) is 5.56 Å². The molecule has 94 valence electrons. The van der Waals surface area contributed by atoms with E-state index in [9.17, 15) is 5.11 Å². The van der Waals surface area contributed by atoms with Gasteiger partial charge in [-0.2, -0.15) is 0 Å². The quantitative estimate of drug-likeness (QED) is 0.870. The monoisotopic (exact) mass is 235 g/mol. The van der Waals surface area contributed by atoms with Crippen molar-refractivity contribution in [3.63, 3.8) is 0 Å². The van der Waals surface area contributed by atoms with Gasteiger partial charge in [-0.1, -0.05) is 12.1 Å². The first-order chi connectivity index (χ1) is 8.16. The van der Waals surface area contributed by atoms with Gasteiger partial charge >= 0.3 is 0 Å². The molecule has 1 fully saturated rings. The van der Waals surface area contributed by atoms with Gasteiger partial charge in [0.1, 0.15) is 5.75 Å². The Morgan fingerprint density at radius 2 is 2.12 bits per heavy atom. The topological polar surface area (TPSA) is 32.7 Å². The van der Waals surface area contributed by atoms with Crippen molar-refractivity contribution in [2.75, 3.05) is 19.8 Å². The molecule has 1 aromatic carbocycles. The summed E-state index contributed by atoms with van der Waals surface area (Å²) in [7, 11) is 0. The van der Waals surface area contributed by atoms with Crippen LogP contribution in [0.25, 0.3) is 0 Å². The number of hydrogen-bond acceptors (Lipinski definition) is 3. The Hall–Kier alpha value is -1.06. The van der Waals surface area contributed by atoms with Crippen molar-refractivity contribution in [2.45, 2.75) is 32.4 Å². The Labute approximate surface area is 103 Å². The second kappa shape index (κ2) is 5.52. The van der Waals surface area contributed by atoms with Gasteiger partial charge in [0.2, 0.25) is 0 Å². The molecule has 1 saturated heterocycles. The van der Waals surface area contributed by atoms with E-state index in [0.717, 1.165) is 26.2 Å². The molecule has 2 unspecified atom stereocenters. The van der Waals surface area contributed by atoms with Gasteiger partial charge in [0.25, 0.3) is 0 Å². The number of rotatable bonds is 3. The maximum atomic E-state index is 9.25. The number of morpholine rings is 1. The first-order valence-electron chi connectivity index (χ1n) is 6.28. The Morgan fingerprint density at radius 3 is 2.76 bits per heavy atom. The van der Waals surface area contributed by atoms with Crippen molar-refractivity contribution < 1.29 is 9.84 Å². The van der Waals surface area contributed by atoms with Gasteiger partial charge in [-0.3, -0.25) is 4.90 Å². The van der Waals surface area contributed by atoms with Crippen LogP contribution in [-0.4, -0.2) is 41.8 Å². The fourth-order valence-electron chi connectivity index (χ4n) is 2.49. The first-order valence-corrected chi connectivity index (χ1v) is 6.28. The lowest BCUT2D eigenvalue weighted by molar-refractivity contribution is -0.0182. The van der Waals surface area contributed by atoms with Crippen LogP contribution in [0.4, 0.5) is 0 Å². The summed E-state index contributed by atoms with van der Waals surface area (Å²) in [6.07, 6.45) is 1.02. The fourth-order valence-corrected chi connectivity index (χ4v) is 2.49. The van der Waals surface area contributed by atoms with E-state index in [1.54, 1.807) is 12.1 Å². The highest BCUT2D eigenvalue weighted by Gasteiger charge is 2.23. The Balaban J connectivity index is 1.95. The molecule has 0 aliphatic carbocycles. The number of benzene rings is 1. The summed E-state index contributed by atoms with van der Waals surface area (Å²) < 4.78 is 5.45. The summed E-state index contributed by atoms with van der Waals surface area (Å²) in [6.45, 7) is 7.16. The highest BCUT2D eigenvalue weighted by molar-refractivity contribution is 5.26. The molecule has 3 nitrogen and oxygen atoms in total. The van der Waals surface area contributed by atoms with Crippen LogP contribution in [-0.2, 0) is 11.2 Å². The molecule has 3 heteroatoms. The van der Waals surface area contributed by atoms with Crippen molar-refractivity contribution in [1.82, 2.24) is 4.90 Å². The van der Waals surface area contributed by atoms with Gasteiger partial charge in [0.15, 0.2) is 0 Å². The van der Waals surface area contributed by atoms with Crippen LogP contribution in [0.15, 0.2) is 24.3 Å². The average Bonchev–Trinajstić information content (AvgIpc) is 2.32. The fraction of sp³-hybridized carbons (Fsp3) is 0.571. The maximum Gasteiger partial charge on any atom is 0.115 e. The number of nitrogens with zero attached hydrogens (tertiary/aromatic N) is 1. The van der Waals surface area contributed by atoms with Gasteiger partial charge in [-0.15, -0.1) is 0 Å². The summed E-state index contributed by atoms with van der Waals surface area (Å²) in [5, 5.41) is 9.25. The minimum Gasteiger partial charge on any atom is -0.508 e. The lowest BCUT2D eigenvalue weighted by Gasteiger charge is -2.38. The molecular weight excluding hydrogens is 214 g/mol. The number of phenols is 1. The van der Waals surface area contributed by atoms with E-state index < -0.39 is 0 Å². The Morgan fingerprint density at radius 1 is 1.41 bits per heavy atom. The molecule has 0 bridgehead atoms. The second-order valence-corrected chi connectivity index (χ2v) is 4.88. The number of phenolic OH excluding ortho intramolecular Hbond substituents is 1. The van der Waals surface area contributed by atoms with Crippen LogP contribution in [0.1, 0.15) is 19.4 Å². The summed E-state index contributed by atoms with van der Waals surface area (Å²) in [6, 6.07) is 8.51. The molecule has 1 heterocycles. The molecule has 1 aromatic rings. The molecule has 0 saturated carbocycles. The molecule has 1 aliphatic heterocycles. The molecule has 0 spiro atoms. The highest BCUT2D eigenvalue weighted by atomic mass is 16.5. The normalized spacial score (nSPS) is 23.5. The Bertz CT molecular complexity index is 350. The zero-order chi connectivity index (χ0) is 12.3. The van der Waals surface area contributed by atoms with E-state index in [4.69, 9.17) is 4.74 Å². The van der Waals surface area contributed by atoms with Gasteiger partial charge in [0, 0.05) is 18.6 Å². The van der Waals surface area contributed by atoms with Crippen LogP contribution in [0, 0.1) is 0 Å². The molecule has 0 aromatic heterocycles. The van der Waals surface area contributed by atoms with Crippen molar-refractivity contribution in [3.05, 3.63) is 29.8 Å². The van der Waals surface area contributed by atoms with E-state index >= 15 is 0 Å². The molecule has 0 amide bonds. The number of ether oxygens (including phenoxy) is 1. The van der Waals surface area contributed by atoms with Crippen LogP contribution in [0.5, 0.6) is 5.75 Å². The van der Waals surface area contributed by atoms with Gasteiger partial charge in [-0.25, -0.2) is 0 Å². The van der Waals surface area contributed by atoms with Crippen molar-refractivity contribution in [3.8, 4) is 5.75 Å². The zero-order valence-corrected chi connectivity index (χ0v) is 10.6. The molecule has 2 rings (SSSR count). The van der Waals surface area contributed by atoms with Gasteiger partial charge < -0.3 is 9.84 Å². The maximum absolute atomic E-state index is 9.25. The van der Waals surface area contributed by atoms with E-state index in [0.29, 0.717) is 17.8 Å². The largest absolute Gasteiger partial charge is 0.508 e. The average molecular weight is 235 g/mol. The van der Waals surface area contributed by atoms with Gasteiger partial charge in [-0.05, 0) is 38.0 Å². The lowest BCUT2D eigenvalue weighted by atomic mass is 10.0. The third-order valence-electron chi connectivity index (χ3n) is 3.45. The summed E-state index contributed by atoms with van der Waals surface area (Å²) in [5.41, 5.74) is 1.27. The zero-order valence-electron chi connectivity index (χ0n) is 10.6. The molecule has 17 heavy (non-hydrogen) atoms. The molecule has 1 N–H and O–H groups in total. The predicted molar refractivity (Wildman–Crippen MR) is 68.3 cm³/mol. The van der Waals surface area contributed by atoms with Crippen molar-refractivity contribution in [2.24, 2.45) is 0 Å². The minimum atomic E-state index is 0.334. The van der Waals surface area contributed by atoms with Gasteiger partial charge in [0.05, 0.1) is 13.2 Å². The van der Waals surface area contributed by atoms with Crippen LogP contribution >= 0.6 is 0 Å². The molecule has 2 atom stereocenters. The minimum absolute atomic E-state index is 0.334. The third-order valence-corrected chi connectivity index (χ3v) is 3.45.